The maximum Gasteiger partial charge on any atom is 0.223 e. The van der Waals surface area contributed by atoms with E-state index in [1.54, 1.807) is 0 Å². The highest BCUT2D eigenvalue weighted by atomic mass is 15.2. The Labute approximate surface area is 109 Å². The SMILES string of the molecule is CCNc1cc(N(C)CCCN(C)C)nc(N)n1. The lowest BCUT2D eigenvalue weighted by Crippen LogP contribution is -2.24. The normalized spacial score (nSPS) is 10.7. The molecule has 1 rings (SSSR count). The van der Waals surface area contributed by atoms with E-state index in [2.05, 4.69) is 39.2 Å². The number of nitrogens with zero attached hydrogens (tertiary/aromatic N) is 4. The summed E-state index contributed by atoms with van der Waals surface area (Å²) in [4.78, 5) is 12.7. The third-order valence-corrected chi connectivity index (χ3v) is 2.58. The minimum Gasteiger partial charge on any atom is -0.370 e. The van der Waals surface area contributed by atoms with Gasteiger partial charge in [0.15, 0.2) is 0 Å². The minimum atomic E-state index is 0.308. The van der Waals surface area contributed by atoms with E-state index < -0.39 is 0 Å². The van der Waals surface area contributed by atoms with Crippen molar-refractivity contribution in [3.05, 3.63) is 6.07 Å². The summed E-state index contributed by atoms with van der Waals surface area (Å²) in [7, 11) is 6.17. The Morgan fingerprint density at radius 3 is 2.56 bits per heavy atom. The molecule has 102 valence electrons. The lowest BCUT2D eigenvalue weighted by molar-refractivity contribution is 0.401. The Balaban J connectivity index is 2.63. The molecule has 0 atom stereocenters. The van der Waals surface area contributed by atoms with Crippen molar-refractivity contribution in [3.8, 4) is 0 Å². The molecular weight excluding hydrogens is 228 g/mol. The molecule has 0 radical (unpaired) electrons. The molecule has 6 nitrogen and oxygen atoms in total. The first-order chi connectivity index (χ1) is 8.52. The zero-order valence-electron chi connectivity index (χ0n) is 11.8. The minimum absolute atomic E-state index is 0.308. The number of rotatable bonds is 7. The van der Waals surface area contributed by atoms with Gasteiger partial charge in [0.2, 0.25) is 5.95 Å². The lowest BCUT2D eigenvalue weighted by atomic mass is 10.3. The molecule has 0 saturated carbocycles. The van der Waals surface area contributed by atoms with Crippen molar-refractivity contribution in [1.82, 2.24) is 14.9 Å². The Hall–Kier alpha value is -1.56. The Morgan fingerprint density at radius 1 is 1.22 bits per heavy atom. The third-order valence-electron chi connectivity index (χ3n) is 2.58. The lowest BCUT2D eigenvalue weighted by Gasteiger charge is -2.20. The Morgan fingerprint density at radius 2 is 1.94 bits per heavy atom. The molecule has 0 bridgehead atoms. The second-order valence-corrected chi connectivity index (χ2v) is 4.58. The number of anilines is 3. The van der Waals surface area contributed by atoms with Gasteiger partial charge in [0.05, 0.1) is 0 Å². The van der Waals surface area contributed by atoms with E-state index >= 15 is 0 Å². The van der Waals surface area contributed by atoms with Crippen LogP contribution < -0.4 is 16.0 Å². The highest BCUT2D eigenvalue weighted by Crippen LogP contribution is 2.15. The van der Waals surface area contributed by atoms with E-state index in [4.69, 9.17) is 5.73 Å². The summed E-state index contributed by atoms with van der Waals surface area (Å²) in [6.07, 6.45) is 1.09. The molecule has 0 spiro atoms. The van der Waals surface area contributed by atoms with Crippen LogP contribution in [0.25, 0.3) is 0 Å². The Bertz CT molecular complexity index is 366. The molecule has 1 aromatic rings. The largest absolute Gasteiger partial charge is 0.370 e. The second kappa shape index (κ2) is 7.00. The second-order valence-electron chi connectivity index (χ2n) is 4.58. The van der Waals surface area contributed by atoms with Gasteiger partial charge in [-0.05, 0) is 34.0 Å². The number of hydrogen-bond acceptors (Lipinski definition) is 6. The van der Waals surface area contributed by atoms with Gasteiger partial charge in [0, 0.05) is 26.2 Å². The van der Waals surface area contributed by atoms with Crippen molar-refractivity contribution in [2.45, 2.75) is 13.3 Å². The van der Waals surface area contributed by atoms with Crippen LogP contribution in [0.4, 0.5) is 17.6 Å². The van der Waals surface area contributed by atoms with Gasteiger partial charge in [-0.3, -0.25) is 0 Å². The van der Waals surface area contributed by atoms with Gasteiger partial charge in [-0.25, -0.2) is 0 Å². The molecule has 0 aliphatic carbocycles. The molecule has 0 aliphatic heterocycles. The van der Waals surface area contributed by atoms with E-state index in [1.165, 1.54) is 0 Å². The predicted molar refractivity (Wildman–Crippen MR) is 77.0 cm³/mol. The monoisotopic (exact) mass is 252 g/mol. The molecule has 0 unspecified atom stereocenters. The van der Waals surface area contributed by atoms with Crippen LogP contribution in [0.2, 0.25) is 0 Å². The summed E-state index contributed by atoms with van der Waals surface area (Å²) >= 11 is 0. The highest BCUT2D eigenvalue weighted by molar-refractivity contribution is 5.52. The fraction of sp³-hybridized carbons (Fsp3) is 0.667. The molecular formula is C12H24N6. The first-order valence-electron chi connectivity index (χ1n) is 6.27. The first-order valence-corrected chi connectivity index (χ1v) is 6.27. The van der Waals surface area contributed by atoms with E-state index in [-0.39, 0.29) is 0 Å². The van der Waals surface area contributed by atoms with Gasteiger partial charge < -0.3 is 20.9 Å². The zero-order valence-corrected chi connectivity index (χ0v) is 11.8. The van der Waals surface area contributed by atoms with Gasteiger partial charge in [-0.1, -0.05) is 0 Å². The predicted octanol–water partition coefficient (Wildman–Crippen LogP) is 0.879. The van der Waals surface area contributed by atoms with Crippen LogP contribution in [0.1, 0.15) is 13.3 Å². The topological polar surface area (TPSA) is 70.3 Å². The number of nitrogens with two attached hydrogens (primary N) is 1. The fourth-order valence-corrected chi connectivity index (χ4v) is 1.66. The van der Waals surface area contributed by atoms with Crippen LogP contribution in [0.15, 0.2) is 6.07 Å². The molecule has 0 aromatic carbocycles. The number of hydrogen-bond donors (Lipinski definition) is 2. The smallest absolute Gasteiger partial charge is 0.223 e. The molecule has 3 N–H and O–H groups in total. The average Bonchev–Trinajstić information content (AvgIpc) is 2.28. The van der Waals surface area contributed by atoms with Crippen molar-refractivity contribution in [2.75, 3.05) is 56.7 Å². The van der Waals surface area contributed by atoms with Crippen molar-refractivity contribution in [1.29, 1.82) is 0 Å². The van der Waals surface area contributed by atoms with Crippen LogP contribution in [-0.2, 0) is 0 Å². The fourth-order valence-electron chi connectivity index (χ4n) is 1.66. The van der Waals surface area contributed by atoms with Crippen molar-refractivity contribution in [2.24, 2.45) is 0 Å². The van der Waals surface area contributed by atoms with Crippen molar-refractivity contribution >= 4 is 17.6 Å². The van der Waals surface area contributed by atoms with Gasteiger partial charge in [-0.2, -0.15) is 9.97 Å². The molecule has 6 heteroatoms. The standard InChI is InChI=1S/C12H24N6/c1-5-14-10-9-11(16-12(13)15-10)18(4)8-6-7-17(2)3/h9H,5-8H2,1-4H3,(H3,13,14,15,16). The summed E-state index contributed by atoms with van der Waals surface area (Å²) in [6.45, 7) is 4.85. The zero-order chi connectivity index (χ0) is 13.5. The average molecular weight is 252 g/mol. The van der Waals surface area contributed by atoms with E-state index in [0.29, 0.717) is 5.95 Å². The van der Waals surface area contributed by atoms with Crippen LogP contribution in [0.3, 0.4) is 0 Å². The van der Waals surface area contributed by atoms with E-state index in [9.17, 15) is 0 Å². The number of nitrogens with one attached hydrogen (secondary N) is 1. The number of nitrogen functional groups attached to an aromatic ring is 1. The summed E-state index contributed by atoms with van der Waals surface area (Å²) in [6, 6.07) is 1.93. The molecule has 0 saturated heterocycles. The van der Waals surface area contributed by atoms with Gasteiger partial charge in [-0.15, -0.1) is 0 Å². The van der Waals surface area contributed by atoms with Crippen LogP contribution >= 0.6 is 0 Å². The third kappa shape index (κ3) is 4.75. The van der Waals surface area contributed by atoms with Crippen LogP contribution in [-0.4, -0.2) is 55.6 Å². The summed E-state index contributed by atoms with van der Waals surface area (Å²) in [5.74, 6) is 1.94. The van der Waals surface area contributed by atoms with E-state index in [0.717, 1.165) is 37.7 Å². The van der Waals surface area contributed by atoms with Crippen molar-refractivity contribution in [3.63, 3.8) is 0 Å². The number of aromatic nitrogens is 2. The summed E-state index contributed by atoms with van der Waals surface area (Å²) in [5, 5.41) is 3.15. The van der Waals surface area contributed by atoms with E-state index in [1.807, 2.05) is 20.0 Å². The molecule has 1 heterocycles. The quantitative estimate of drug-likeness (QED) is 0.750. The Kier molecular flexibility index (Phi) is 5.64. The van der Waals surface area contributed by atoms with Crippen molar-refractivity contribution < 1.29 is 0 Å². The summed E-state index contributed by atoms with van der Waals surface area (Å²) in [5.41, 5.74) is 5.71. The molecule has 1 aromatic heterocycles. The van der Waals surface area contributed by atoms with Crippen LogP contribution in [0, 0.1) is 0 Å². The molecule has 0 fully saturated rings. The highest BCUT2D eigenvalue weighted by Gasteiger charge is 2.06. The van der Waals surface area contributed by atoms with Gasteiger partial charge in [0.1, 0.15) is 11.6 Å². The van der Waals surface area contributed by atoms with Gasteiger partial charge in [0.25, 0.3) is 0 Å². The molecule has 18 heavy (non-hydrogen) atoms. The molecule has 0 aliphatic rings. The maximum atomic E-state index is 5.71. The summed E-state index contributed by atoms with van der Waals surface area (Å²) < 4.78 is 0. The van der Waals surface area contributed by atoms with Gasteiger partial charge >= 0.3 is 0 Å². The first kappa shape index (κ1) is 14.5. The van der Waals surface area contributed by atoms with Crippen LogP contribution in [0.5, 0.6) is 0 Å². The maximum absolute atomic E-state index is 5.71. The molecule has 0 amide bonds.